The molecule has 0 amide bonds. The lowest BCUT2D eigenvalue weighted by molar-refractivity contribution is 0.148. The molecule has 2 aliphatic rings. The Kier molecular flexibility index (Phi) is 8.55. The van der Waals surface area contributed by atoms with Gasteiger partial charge in [-0.3, -0.25) is 0 Å². The van der Waals surface area contributed by atoms with Crippen molar-refractivity contribution in [3.63, 3.8) is 0 Å². The molecule has 1 saturated heterocycles. The Labute approximate surface area is 223 Å². The number of hydrogen-bond donors (Lipinski definition) is 1. The van der Waals surface area contributed by atoms with Gasteiger partial charge >= 0.3 is 0 Å². The summed E-state index contributed by atoms with van der Waals surface area (Å²) < 4.78 is 14.4. The zero-order chi connectivity index (χ0) is 25.5. The van der Waals surface area contributed by atoms with Crippen LogP contribution in [0, 0.1) is 6.92 Å². The van der Waals surface area contributed by atoms with Gasteiger partial charge in [-0.25, -0.2) is 19.3 Å². The van der Waals surface area contributed by atoms with Gasteiger partial charge < -0.3 is 19.7 Å². The summed E-state index contributed by atoms with van der Waals surface area (Å²) in [5, 5.41) is 3.41. The number of benzene rings is 1. The van der Waals surface area contributed by atoms with Crippen LogP contribution in [-0.4, -0.2) is 64.4 Å². The van der Waals surface area contributed by atoms with Crippen LogP contribution in [-0.2, 0) is 11.3 Å². The highest BCUT2D eigenvalue weighted by atomic mass is 32.2. The molecule has 0 saturated carbocycles. The van der Waals surface area contributed by atoms with Gasteiger partial charge in [0.15, 0.2) is 0 Å². The molecule has 194 valence electrons. The number of aromatic nitrogens is 3. The highest BCUT2D eigenvalue weighted by Gasteiger charge is 2.20. The number of piperazine rings is 1. The Bertz CT molecular complexity index is 1230. The number of aryl methyl sites for hydroxylation is 1. The number of pyridine rings is 1. The number of rotatable bonds is 3. The molecular formula is C28H34N6O2S. The van der Waals surface area contributed by atoms with Crippen LogP contribution in [0.1, 0.15) is 24.5 Å². The molecule has 0 atom stereocenters. The molecule has 2 aliphatic heterocycles. The molecule has 1 fully saturated rings. The van der Waals surface area contributed by atoms with E-state index in [1.807, 2.05) is 37.2 Å². The molecule has 1 aromatic carbocycles. The van der Waals surface area contributed by atoms with E-state index in [0.717, 1.165) is 66.4 Å². The molecule has 2 aromatic heterocycles. The van der Waals surface area contributed by atoms with Crippen molar-refractivity contribution >= 4 is 29.3 Å². The first kappa shape index (κ1) is 25.5. The maximum atomic E-state index is 6.06. The number of nitrogens with one attached hydrogen (secondary N) is 1. The third kappa shape index (κ3) is 6.60. The minimum absolute atomic E-state index is 0.532. The lowest BCUT2D eigenvalue weighted by atomic mass is 10.1. The van der Waals surface area contributed by atoms with Gasteiger partial charge in [0, 0.05) is 72.9 Å². The first-order chi connectivity index (χ1) is 18.2. The van der Waals surface area contributed by atoms with Crippen LogP contribution < -0.4 is 15.0 Å². The molecule has 37 heavy (non-hydrogen) atoms. The standard InChI is InChI=1S/C28H34N6O2S/c1-3-37-34-13-11-33(12-14-34)25-8-7-24-17-23(25)20-35-15-5-4-6-16-36-26-18-22(9-10-29-26)27-21(2)19-30-28(31-24)32-27/h4-5,7-10,17-19H,3,6,11-16,20H2,1-2H3,(H,30,31,32)/b5-4+. The first-order valence-electron chi connectivity index (χ1n) is 12.9. The van der Waals surface area contributed by atoms with E-state index >= 15 is 0 Å². The predicted molar refractivity (Wildman–Crippen MR) is 151 cm³/mol. The summed E-state index contributed by atoms with van der Waals surface area (Å²) in [6, 6.07) is 10.3. The largest absolute Gasteiger partial charge is 0.477 e. The molecular weight excluding hydrogens is 484 g/mol. The quantitative estimate of drug-likeness (QED) is 0.370. The van der Waals surface area contributed by atoms with Crippen molar-refractivity contribution in [1.29, 1.82) is 0 Å². The Morgan fingerprint density at radius 1 is 1.05 bits per heavy atom. The van der Waals surface area contributed by atoms with E-state index in [2.05, 4.69) is 61.8 Å². The highest BCUT2D eigenvalue weighted by Crippen LogP contribution is 2.30. The van der Waals surface area contributed by atoms with Crippen LogP contribution in [0.5, 0.6) is 5.88 Å². The summed E-state index contributed by atoms with van der Waals surface area (Å²) in [5.74, 6) is 2.25. The lowest BCUT2D eigenvalue weighted by Gasteiger charge is -2.36. The molecule has 0 spiro atoms. The van der Waals surface area contributed by atoms with Gasteiger partial charge in [0.2, 0.25) is 11.8 Å². The zero-order valence-corrected chi connectivity index (χ0v) is 22.3. The number of nitrogens with zero attached hydrogens (tertiary/aromatic N) is 5. The van der Waals surface area contributed by atoms with E-state index in [1.165, 1.54) is 5.69 Å². The first-order valence-corrected chi connectivity index (χ1v) is 13.8. The number of ether oxygens (including phenoxy) is 2. The molecule has 4 heterocycles. The van der Waals surface area contributed by atoms with Crippen LogP contribution >= 0.6 is 11.9 Å². The fraction of sp³-hybridized carbons (Fsp3) is 0.393. The van der Waals surface area contributed by atoms with Crippen molar-refractivity contribution in [3.05, 3.63) is 66.0 Å². The number of anilines is 3. The van der Waals surface area contributed by atoms with E-state index < -0.39 is 0 Å². The van der Waals surface area contributed by atoms with Gasteiger partial charge in [0.1, 0.15) is 0 Å². The predicted octanol–water partition coefficient (Wildman–Crippen LogP) is 5.24. The van der Waals surface area contributed by atoms with Gasteiger partial charge in [0.25, 0.3) is 0 Å². The molecule has 0 unspecified atom stereocenters. The fourth-order valence-electron chi connectivity index (χ4n) is 4.54. The molecule has 0 aliphatic carbocycles. The summed E-state index contributed by atoms with van der Waals surface area (Å²) >= 11 is 1.92. The van der Waals surface area contributed by atoms with Gasteiger partial charge in [0.05, 0.1) is 25.5 Å². The molecule has 9 heteroatoms. The van der Waals surface area contributed by atoms with E-state index in [1.54, 1.807) is 6.20 Å². The summed E-state index contributed by atoms with van der Waals surface area (Å²) in [7, 11) is 0. The summed E-state index contributed by atoms with van der Waals surface area (Å²) in [6.45, 7) is 9.98. The minimum Gasteiger partial charge on any atom is -0.477 e. The van der Waals surface area contributed by atoms with Crippen LogP contribution in [0.3, 0.4) is 0 Å². The second kappa shape index (κ2) is 12.4. The average molecular weight is 519 g/mol. The maximum absolute atomic E-state index is 6.06. The van der Waals surface area contributed by atoms with Gasteiger partial charge in [-0.05, 0) is 43.2 Å². The van der Waals surface area contributed by atoms with Crippen LogP contribution in [0.4, 0.5) is 17.3 Å². The van der Waals surface area contributed by atoms with E-state index in [0.29, 0.717) is 31.6 Å². The zero-order valence-electron chi connectivity index (χ0n) is 21.5. The van der Waals surface area contributed by atoms with Crippen molar-refractivity contribution in [2.24, 2.45) is 0 Å². The molecule has 0 radical (unpaired) electrons. The van der Waals surface area contributed by atoms with E-state index in [4.69, 9.17) is 14.5 Å². The monoisotopic (exact) mass is 518 g/mol. The summed E-state index contributed by atoms with van der Waals surface area (Å²) in [6.07, 6.45) is 8.54. The molecule has 8 nitrogen and oxygen atoms in total. The van der Waals surface area contributed by atoms with Gasteiger partial charge in [-0.1, -0.05) is 31.0 Å². The normalized spacial score (nSPS) is 17.7. The number of fused-ring (bicyclic) bond motifs is 7. The van der Waals surface area contributed by atoms with Crippen LogP contribution in [0.25, 0.3) is 11.3 Å². The van der Waals surface area contributed by atoms with Crippen LogP contribution in [0.15, 0.2) is 54.9 Å². The number of hydrogen-bond acceptors (Lipinski definition) is 9. The molecule has 5 rings (SSSR count). The van der Waals surface area contributed by atoms with E-state index in [9.17, 15) is 0 Å². The SMILES string of the molecule is CCSN1CCN(c2ccc3cc2COC/C=C/CCOc2cc(ccn2)-c2nc(ncc2C)N3)CC1. The molecule has 3 aromatic rings. The van der Waals surface area contributed by atoms with Crippen LogP contribution in [0.2, 0.25) is 0 Å². The smallest absolute Gasteiger partial charge is 0.227 e. The average Bonchev–Trinajstić information content (AvgIpc) is 2.92. The Morgan fingerprint density at radius 2 is 1.95 bits per heavy atom. The fourth-order valence-corrected chi connectivity index (χ4v) is 5.33. The molecule has 6 bridgehead atoms. The van der Waals surface area contributed by atoms with Gasteiger partial charge in [-0.2, -0.15) is 0 Å². The highest BCUT2D eigenvalue weighted by molar-refractivity contribution is 7.96. The van der Waals surface area contributed by atoms with Crippen molar-refractivity contribution < 1.29 is 9.47 Å². The molecule has 1 N–H and O–H groups in total. The van der Waals surface area contributed by atoms with E-state index in [-0.39, 0.29) is 0 Å². The summed E-state index contributed by atoms with van der Waals surface area (Å²) in [5.41, 5.74) is 6.12. The maximum Gasteiger partial charge on any atom is 0.227 e. The minimum atomic E-state index is 0.532. The Hall–Kier alpha value is -3.14. The van der Waals surface area contributed by atoms with Gasteiger partial charge in [-0.15, -0.1) is 0 Å². The Balaban J connectivity index is 1.44. The third-order valence-corrected chi connectivity index (χ3v) is 7.37. The van der Waals surface area contributed by atoms with Crippen molar-refractivity contribution in [1.82, 2.24) is 19.3 Å². The van der Waals surface area contributed by atoms with Crippen molar-refractivity contribution in [3.8, 4) is 17.1 Å². The Morgan fingerprint density at radius 3 is 2.81 bits per heavy atom. The second-order valence-electron chi connectivity index (χ2n) is 9.03. The van der Waals surface area contributed by atoms with Crippen molar-refractivity contribution in [2.75, 3.05) is 55.4 Å². The topological polar surface area (TPSA) is 75.6 Å². The lowest BCUT2D eigenvalue weighted by Crippen LogP contribution is -2.43. The van der Waals surface area contributed by atoms with Crippen molar-refractivity contribution in [2.45, 2.75) is 26.9 Å². The summed E-state index contributed by atoms with van der Waals surface area (Å²) in [4.78, 5) is 16.2. The second-order valence-corrected chi connectivity index (χ2v) is 10.4. The third-order valence-electron chi connectivity index (χ3n) is 6.38.